The Labute approximate surface area is 177 Å². The Balaban J connectivity index is 1.30. The van der Waals surface area contributed by atoms with Gasteiger partial charge in [0.05, 0.1) is 11.8 Å². The van der Waals surface area contributed by atoms with E-state index in [-0.39, 0.29) is 5.91 Å². The first-order valence-corrected chi connectivity index (χ1v) is 10.5. The molecule has 0 aromatic heterocycles. The van der Waals surface area contributed by atoms with Crippen molar-refractivity contribution < 1.29 is 14.3 Å². The molecule has 2 aromatic carbocycles. The summed E-state index contributed by atoms with van der Waals surface area (Å²) in [5.41, 5.74) is 4.66. The maximum atomic E-state index is 12.6. The van der Waals surface area contributed by atoms with Gasteiger partial charge in [0.25, 0.3) is 5.91 Å². The van der Waals surface area contributed by atoms with Gasteiger partial charge in [-0.2, -0.15) is 5.10 Å². The van der Waals surface area contributed by atoms with Crippen LogP contribution in [-0.4, -0.2) is 25.3 Å². The van der Waals surface area contributed by atoms with Crippen LogP contribution in [0.25, 0.3) is 0 Å². The van der Waals surface area contributed by atoms with Crippen LogP contribution in [0.2, 0.25) is 0 Å². The van der Waals surface area contributed by atoms with Crippen molar-refractivity contribution in [3.05, 3.63) is 71.8 Å². The van der Waals surface area contributed by atoms with E-state index >= 15 is 0 Å². The number of rotatable bonds is 8. The topological polar surface area (TPSA) is 59.9 Å². The Bertz CT molecular complexity index is 950. The first kappa shape index (κ1) is 20.2. The molecule has 0 heterocycles. The number of nitrogens with zero attached hydrogens (tertiary/aromatic N) is 1. The Kier molecular flexibility index (Phi) is 5.88. The fourth-order valence-corrected chi connectivity index (χ4v) is 4.38. The summed E-state index contributed by atoms with van der Waals surface area (Å²) < 4.78 is 11.4. The van der Waals surface area contributed by atoms with Crippen LogP contribution in [-0.2, 0) is 0 Å². The SMILES string of the molecule is CC1(C)[C@@H]2CC=C(/C=N\NC(=O)c3ccccc3OCCOc3ccccc3)[C@H]1C2. The number of carbonyl (C=O) groups excluding carboxylic acids is 1. The Morgan fingerprint density at radius 2 is 1.83 bits per heavy atom. The lowest BCUT2D eigenvalue weighted by molar-refractivity contribution is -0.00126. The van der Waals surface area contributed by atoms with Gasteiger partial charge in [0.2, 0.25) is 0 Å². The Morgan fingerprint density at radius 1 is 1.10 bits per heavy atom. The molecule has 5 nitrogen and oxygen atoms in total. The molecule has 30 heavy (non-hydrogen) atoms. The highest BCUT2D eigenvalue weighted by Crippen LogP contribution is 2.58. The number of fused-ring (bicyclic) bond motifs is 1. The summed E-state index contributed by atoms with van der Waals surface area (Å²) >= 11 is 0. The molecule has 0 spiro atoms. The minimum Gasteiger partial charge on any atom is -0.490 e. The molecule has 0 radical (unpaired) electrons. The first-order valence-electron chi connectivity index (χ1n) is 10.5. The molecule has 1 fully saturated rings. The van der Waals surface area contributed by atoms with E-state index in [2.05, 4.69) is 30.5 Å². The van der Waals surface area contributed by atoms with Gasteiger partial charge >= 0.3 is 0 Å². The van der Waals surface area contributed by atoms with Crippen molar-refractivity contribution in [2.24, 2.45) is 22.4 Å². The molecule has 3 aliphatic rings. The second-order valence-corrected chi connectivity index (χ2v) is 8.45. The van der Waals surface area contributed by atoms with E-state index in [0.717, 1.165) is 18.1 Å². The van der Waals surface area contributed by atoms with Gasteiger partial charge in [0, 0.05) is 0 Å². The van der Waals surface area contributed by atoms with Crippen molar-refractivity contribution in [2.45, 2.75) is 26.7 Å². The van der Waals surface area contributed by atoms with Crippen LogP contribution in [0.1, 0.15) is 37.0 Å². The number of carbonyl (C=O) groups is 1. The fourth-order valence-electron chi connectivity index (χ4n) is 4.38. The molecular weight excluding hydrogens is 376 g/mol. The van der Waals surface area contributed by atoms with Crippen LogP contribution in [0.15, 0.2) is 71.3 Å². The Hall–Kier alpha value is -3.08. The van der Waals surface area contributed by atoms with Crippen LogP contribution in [0.4, 0.5) is 0 Å². The lowest BCUT2D eigenvalue weighted by Crippen LogP contribution is -2.48. The van der Waals surface area contributed by atoms with E-state index in [1.807, 2.05) is 42.5 Å². The number of amides is 1. The molecule has 5 rings (SSSR count). The molecule has 2 atom stereocenters. The third-order valence-corrected chi connectivity index (χ3v) is 6.38. The fraction of sp³-hybridized carbons (Fsp3) is 0.360. The van der Waals surface area contributed by atoms with Gasteiger partial charge < -0.3 is 9.47 Å². The van der Waals surface area contributed by atoms with Crippen molar-refractivity contribution in [1.82, 2.24) is 5.43 Å². The van der Waals surface area contributed by atoms with Gasteiger partial charge in [-0.15, -0.1) is 0 Å². The Morgan fingerprint density at radius 3 is 2.60 bits per heavy atom. The van der Waals surface area contributed by atoms with Crippen molar-refractivity contribution in [1.29, 1.82) is 0 Å². The second kappa shape index (κ2) is 8.74. The van der Waals surface area contributed by atoms with E-state index in [9.17, 15) is 4.79 Å². The number of allylic oxidation sites excluding steroid dienone is 2. The van der Waals surface area contributed by atoms with Crippen molar-refractivity contribution in [3.8, 4) is 11.5 Å². The maximum Gasteiger partial charge on any atom is 0.275 e. The number of para-hydroxylation sites is 2. The van der Waals surface area contributed by atoms with Crippen molar-refractivity contribution in [3.63, 3.8) is 0 Å². The number of hydrogen-bond donors (Lipinski definition) is 1. The van der Waals surface area contributed by atoms with E-state index in [4.69, 9.17) is 9.47 Å². The highest BCUT2D eigenvalue weighted by molar-refractivity contribution is 5.97. The number of hydrogen-bond acceptors (Lipinski definition) is 4. The number of ether oxygens (including phenoxy) is 2. The monoisotopic (exact) mass is 404 g/mol. The molecule has 5 heteroatoms. The predicted molar refractivity (Wildman–Crippen MR) is 118 cm³/mol. The molecule has 0 saturated heterocycles. The zero-order valence-corrected chi connectivity index (χ0v) is 17.5. The molecule has 2 aromatic rings. The molecule has 156 valence electrons. The maximum absolute atomic E-state index is 12.6. The summed E-state index contributed by atoms with van der Waals surface area (Å²) in [6.07, 6.45) is 6.38. The van der Waals surface area contributed by atoms with Gasteiger partial charge in [0.1, 0.15) is 24.7 Å². The highest BCUT2D eigenvalue weighted by atomic mass is 16.5. The molecule has 3 aliphatic carbocycles. The normalized spacial score (nSPS) is 21.5. The minimum atomic E-state index is -0.284. The summed E-state index contributed by atoms with van der Waals surface area (Å²) in [4.78, 5) is 12.6. The number of hydrazone groups is 1. The van der Waals surface area contributed by atoms with Gasteiger partial charge in [0.15, 0.2) is 0 Å². The highest BCUT2D eigenvalue weighted by Gasteiger charge is 2.50. The van der Waals surface area contributed by atoms with Crippen molar-refractivity contribution >= 4 is 12.1 Å². The van der Waals surface area contributed by atoms with Gasteiger partial charge in [-0.05, 0) is 59.9 Å². The van der Waals surface area contributed by atoms with E-state index < -0.39 is 0 Å². The van der Waals surface area contributed by atoms with Crippen LogP contribution in [0.5, 0.6) is 11.5 Å². The zero-order valence-electron chi connectivity index (χ0n) is 17.5. The van der Waals surface area contributed by atoms with Gasteiger partial charge in [-0.25, -0.2) is 5.43 Å². The molecule has 0 unspecified atom stereocenters. The summed E-state index contributed by atoms with van der Waals surface area (Å²) in [7, 11) is 0. The quantitative estimate of drug-likeness (QED) is 0.389. The third-order valence-electron chi connectivity index (χ3n) is 6.38. The van der Waals surface area contributed by atoms with E-state index in [1.54, 1.807) is 18.3 Å². The van der Waals surface area contributed by atoms with E-state index in [1.165, 1.54) is 12.0 Å². The van der Waals surface area contributed by atoms with Crippen LogP contribution in [0, 0.1) is 17.3 Å². The van der Waals surface area contributed by atoms with Crippen molar-refractivity contribution in [2.75, 3.05) is 13.2 Å². The van der Waals surface area contributed by atoms with Crippen LogP contribution < -0.4 is 14.9 Å². The predicted octanol–water partition coefficient (Wildman–Crippen LogP) is 4.85. The molecule has 1 N–H and O–H groups in total. The van der Waals surface area contributed by atoms with Crippen LogP contribution in [0.3, 0.4) is 0 Å². The molecule has 0 aliphatic heterocycles. The van der Waals surface area contributed by atoms with Gasteiger partial charge in [-0.1, -0.05) is 50.3 Å². The number of benzene rings is 2. The third kappa shape index (κ3) is 4.25. The zero-order chi connectivity index (χ0) is 21.0. The van der Waals surface area contributed by atoms with Gasteiger partial charge in [-0.3, -0.25) is 4.79 Å². The summed E-state index contributed by atoms with van der Waals surface area (Å²) in [6.45, 7) is 5.37. The molecule has 1 saturated carbocycles. The standard InChI is InChI=1S/C25H28N2O3/c1-25(2)19-13-12-18(22(25)16-19)17-26-27-24(28)21-10-6-7-11-23(21)30-15-14-29-20-8-4-3-5-9-20/h3-12,17,19,22H,13-16H2,1-2H3,(H,27,28)/b26-17-/t19-,22-/m1/s1. The second-order valence-electron chi connectivity index (χ2n) is 8.45. The number of nitrogens with one attached hydrogen (secondary N) is 1. The smallest absolute Gasteiger partial charge is 0.275 e. The largest absolute Gasteiger partial charge is 0.490 e. The summed E-state index contributed by atoms with van der Waals surface area (Å²) in [6, 6.07) is 16.7. The molecule has 1 amide bonds. The lowest BCUT2D eigenvalue weighted by atomic mass is 9.49. The average Bonchev–Trinajstić information content (AvgIpc) is 2.77. The van der Waals surface area contributed by atoms with Crippen LogP contribution >= 0.6 is 0 Å². The van der Waals surface area contributed by atoms with E-state index in [0.29, 0.717) is 35.9 Å². The first-order chi connectivity index (χ1) is 14.6. The molecular formula is C25H28N2O3. The summed E-state index contributed by atoms with van der Waals surface area (Å²) in [5.74, 6) is 2.34. The minimum absolute atomic E-state index is 0.284. The lowest BCUT2D eigenvalue weighted by Gasteiger charge is -2.55. The molecule has 2 bridgehead atoms. The average molecular weight is 405 g/mol. The summed E-state index contributed by atoms with van der Waals surface area (Å²) in [5, 5.41) is 4.22.